The lowest BCUT2D eigenvalue weighted by Crippen LogP contribution is -2.67. The predicted molar refractivity (Wildman–Crippen MR) is 314 cm³/mol. The molecule has 11 aliphatic rings. The Morgan fingerprint density at radius 1 is 0.505 bits per heavy atom. The van der Waals surface area contributed by atoms with E-state index in [0.717, 1.165) is 31.3 Å². The van der Waals surface area contributed by atoms with Crippen molar-refractivity contribution in [2.24, 2.45) is 46.3 Å². The van der Waals surface area contributed by atoms with Crippen LogP contribution in [0.3, 0.4) is 0 Å². The maximum atomic E-state index is 12.2. The van der Waals surface area contributed by atoms with E-state index >= 15 is 0 Å². The Morgan fingerprint density at radius 3 is 1.64 bits per heavy atom. The monoisotopic (exact) mass is 1370 g/mol. The fraction of sp³-hybridized carbons (Fsp3) is 0.968. The van der Waals surface area contributed by atoms with E-state index in [1.165, 1.54) is 13.8 Å². The average Bonchev–Trinajstić information content (AvgIpc) is 1.57. The summed E-state index contributed by atoms with van der Waals surface area (Å²) in [5, 5.41) is 206. The van der Waals surface area contributed by atoms with Crippen molar-refractivity contribution in [2.75, 3.05) is 33.0 Å². The predicted octanol–water partition coefficient (Wildman–Crippen LogP) is -6.33. The summed E-state index contributed by atoms with van der Waals surface area (Å²) in [5.74, 6) is -0.798. The molecule has 11 rings (SSSR count). The molecule has 0 aromatic heterocycles. The molecule has 0 radical (unpaired) electrons. The molecule has 7 unspecified atom stereocenters. The van der Waals surface area contributed by atoms with Crippen molar-refractivity contribution in [2.45, 2.75) is 302 Å². The molecule has 32 heteroatoms. The van der Waals surface area contributed by atoms with E-state index in [4.69, 9.17) is 61.6 Å². The quantitative estimate of drug-likeness (QED) is 0.0504. The first-order valence-corrected chi connectivity index (χ1v) is 33.8. The number of allylic oxidation sites excluding steroid dienone is 1. The molecular weight excluding hydrogens is 1270 g/mol. The minimum Gasteiger partial charge on any atom is -0.394 e. The summed E-state index contributed by atoms with van der Waals surface area (Å²) in [6.07, 6.45) is -42.4. The van der Waals surface area contributed by atoms with Crippen LogP contribution in [-0.4, -0.2) is 332 Å². The zero-order valence-electron chi connectivity index (χ0n) is 54.2. The maximum Gasteiger partial charge on any atom is 0.187 e. The van der Waals surface area contributed by atoms with E-state index in [2.05, 4.69) is 26.8 Å². The van der Waals surface area contributed by atoms with Gasteiger partial charge in [0, 0.05) is 12.3 Å². The topological polar surface area (TPSA) is 504 Å². The van der Waals surface area contributed by atoms with Gasteiger partial charge in [0.05, 0.1) is 57.5 Å². The molecule has 0 bridgehead atoms. The van der Waals surface area contributed by atoms with E-state index in [0.29, 0.717) is 38.0 Å². The number of ether oxygens (including phenoxy) is 13. The SMILES string of the molecule is CC(CC[C@@]1(O)OC2CC3C4CC=C5C[C@@H](O[C@@H]6O[C@H](CO)[C@@H](O)[C@H](O[C@@H]7O[C@H](CO)[C@@H](O)[C@H](O)[C@H]7O)[C@H]6O[C@H]6O[C@H](CO[C@@H]7O[C@H](C)[C@@H](O[C@H]8O[C@H](C)[C@@H](O)[C@H](O)[C@@H]8O)[C@H](O)[C@@H]7O)[C@@H](O)[C@H](O)[C@H]6O)CC[C@]5(C)C4CC[C@]3(C)C2C1C)CO[C@@H]1O[C@H](CO)[C@@H](O)[C@H](O)[C@H]1O. The molecule has 10 fully saturated rings. The molecule has 548 valence electrons. The molecule has 7 saturated heterocycles. The number of hydrogen-bond acceptors (Lipinski definition) is 32. The summed E-state index contributed by atoms with van der Waals surface area (Å²) in [6.45, 7) is 8.62. The van der Waals surface area contributed by atoms with Gasteiger partial charge in [-0.05, 0) is 106 Å². The van der Waals surface area contributed by atoms with Crippen LogP contribution in [0.2, 0.25) is 0 Å². The van der Waals surface area contributed by atoms with E-state index in [-0.39, 0.29) is 53.1 Å². The van der Waals surface area contributed by atoms with E-state index in [1.807, 2.05) is 6.92 Å². The van der Waals surface area contributed by atoms with Crippen LogP contribution < -0.4 is 0 Å². The summed E-state index contributed by atoms with van der Waals surface area (Å²) in [4.78, 5) is 0. The number of rotatable bonds is 20. The molecule has 4 aliphatic carbocycles. The Kier molecular flexibility index (Phi) is 23.3. The summed E-state index contributed by atoms with van der Waals surface area (Å²) in [5.41, 5.74) is 0.731. The minimum absolute atomic E-state index is 0.0778. The van der Waals surface area contributed by atoms with Gasteiger partial charge in [0.1, 0.15) is 134 Å². The van der Waals surface area contributed by atoms with Crippen molar-refractivity contribution in [3.8, 4) is 0 Å². The van der Waals surface area contributed by atoms with Crippen LogP contribution in [0.15, 0.2) is 11.6 Å². The molecule has 0 aromatic carbocycles. The first-order chi connectivity index (χ1) is 44.9. The second kappa shape index (κ2) is 29.7. The number of hydrogen-bond donors (Lipinski definition) is 19. The van der Waals surface area contributed by atoms with Gasteiger partial charge in [-0.3, -0.25) is 0 Å². The molecule has 19 N–H and O–H groups in total. The van der Waals surface area contributed by atoms with Crippen molar-refractivity contribution in [3.05, 3.63) is 11.6 Å². The van der Waals surface area contributed by atoms with Crippen molar-refractivity contribution < 1.29 is 159 Å². The zero-order valence-corrected chi connectivity index (χ0v) is 54.2. The van der Waals surface area contributed by atoms with Gasteiger partial charge in [-0.25, -0.2) is 0 Å². The Labute approximate surface area is 549 Å². The van der Waals surface area contributed by atoms with E-state index < -0.39 is 223 Å². The lowest BCUT2D eigenvalue weighted by molar-refractivity contribution is -0.397. The summed E-state index contributed by atoms with van der Waals surface area (Å²) < 4.78 is 78.5. The summed E-state index contributed by atoms with van der Waals surface area (Å²) in [6, 6.07) is 0. The summed E-state index contributed by atoms with van der Waals surface area (Å²) >= 11 is 0. The molecule has 0 aromatic rings. The molecule has 0 spiro atoms. The average molecular weight is 1370 g/mol. The molecular formula is C63H104O32. The second-order valence-electron chi connectivity index (χ2n) is 29.5. The van der Waals surface area contributed by atoms with Crippen molar-refractivity contribution in [3.63, 3.8) is 0 Å². The lowest BCUT2D eigenvalue weighted by atomic mass is 9.47. The second-order valence-corrected chi connectivity index (χ2v) is 29.5. The van der Waals surface area contributed by atoms with Crippen molar-refractivity contribution in [1.82, 2.24) is 0 Å². The fourth-order valence-corrected chi connectivity index (χ4v) is 17.8. The number of aliphatic hydroxyl groups is 19. The fourth-order valence-electron chi connectivity index (χ4n) is 17.8. The van der Waals surface area contributed by atoms with Gasteiger partial charge in [0.25, 0.3) is 0 Å². The highest BCUT2D eigenvalue weighted by molar-refractivity contribution is 5.26. The molecule has 7 heterocycles. The van der Waals surface area contributed by atoms with Crippen molar-refractivity contribution in [1.29, 1.82) is 0 Å². The highest BCUT2D eigenvalue weighted by atomic mass is 16.8. The molecule has 32 nitrogen and oxygen atoms in total. The zero-order chi connectivity index (χ0) is 68.8. The van der Waals surface area contributed by atoms with Crippen LogP contribution in [0.1, 0.15) is 99.3 Å². The van der Waals surface area contributed by atoms with Crippen molar-refractivity contribution >= 4 is 0 Å². The number of aliphatic hydroxyl groups excluding tert-OH is 18. The van der Waals surface area contributed by atoms with Crippen LogP contribution in [0.5, 0.6) is 0 Å². The number of fused-ring (bicyclic) bond motifs is 7. The third-order valence-corrected chi connectivity index (χ3v) is 23.7. The van der Waals surface area contributed by atoms with Crippen LogP contribution in [0.25, 0.3) is 0 Å². The highest BCUT2D eigenvalue weighted by Crippen LogP contribution is 2.70. The first kappa shape index (κ1) is 74.6. The van der Waals surface area contributed by atoms with Crippen LogP contribution in [0.4, 0.5) is 0 Å². The van der Waals surface area contributed by atoms with Gasteiger partial charge >= 0.3 is 0 Å². The molecule has 95 heavy (non-hydrogen) atoms. The molecule has 0 amide bonds. The standard InChI is InChI=1S/C63H104O32/c1-22(20-83-56-47(77)43(73)38(68)32(17-64)88-56)9-14-63(82)23(2)36-31(95-63)16-30-28-8-7-26-15-27(10-12-61(26,5)29(28)11-13-62(30,36)6)87-60-54(53(41(71)34(19-66)90-60)93-58-49(79)44(74)39(69)33(18-65)89-58)94-59-50(80)45(75)40(70)35(91-59)21-84-55-51(81)46(76)52(25(4)86-55)92-57-48(78)42(72)37(67)24(3)85-57/h7,22-25,27-60,64-82H,8-21H2,1-6H3/t22?,23?,24-,25-,27+,28?,29?,30?,31?,32-,33-,34-,35-,36?,37-,38-,39-,40-,41-,42+,43+,44+,45+,46-,47-,48+,49-,50-,51+,52-,53+,54-,55-,56-,57-,58+,59-,60-,61+,62+,63-/m1/s1. The van der Waals surface area contributed by atoms with Gasteiger partial charge in [-0.2, -0.15) is 0 Å². The van der Waals surface area contributed by atoms with Gasteiger partial charge in [0.2, 0.25) is 0 Å². The van der Waals surface area contributed by atoms with E-state index in [1.54, 1.807) is 0 Å². The summed E-state index contributed by atoms with van der Waals surface area (Å²) in [7, 11) is 0. The van der Waals surface area contributed by atoms with Gasteiger partial charge < -0.3 is 159 Å². The normalized spacial score (nSPS) is 55.2. The van der Waals surface area contributed by atoms with Crippen LogP contribution >= 0.6 is 0 Å². The van der Waals surface area contributed by atoms with Crippen LogP contribution in [-0.2, 0) is 61.6 Å². The van der Waals surface area contributed by atoms with E-state index in [9.17, 15) is 97.0 Å². The smallest absolute Gasteiger partial charge is 0.187 e. The Balaban J connectivity index is 0.762. The third kappa shape index (κ3) is 14.0. The molecule has 7 aliphatic heterocycles. The van der Waals surface area contributed by atoms with Gasteiger partial charge in [0.15, 0.2) is 43.5 Å². The van der Waals surface area contributed by atoms with Crippen LogP contribution in [0, 0.1) is 46.3 Å². The Morgan fingerprint density at radius 2 is 1.01 bits per heavy atom. The largest absolute Gasteiger partial charge is 0.394 e. The molecule has 41 atom stereocenters. The lowest BCUT2D eigenvalue weighted by Gasteiger charge is -2.58. The third-order valence-electron chi connectivity index (χ3n) is 23.7. The first-order valence-electron chi connectivity index (χ1n) is 33.8. The molecule has 3 saturated carbocycles. The van der Waals surface area contributed by atoms with Gasteiger partial charge in [-0.1, -0.05) is 39.3 Å². The van der Waals surface area contributed by atoms with Gasteiger partial charge in [-0.15, -0.1) is 0 Å². The highest BCUT2D eigenvalue weighted by Gasteiger charge is 2.68. The maximum absolute atomic E-state index is 12.2. The Hall–Kier alpha value is -1.54. The minimum atomic E-state index is -2.08. The Bertz CT molecular complexity index is 2540.